The van der Waals surface area contributed by atoms with E-state index in [4.69, 9.17) is 0 Å². The molecule has 0 aliphatic heterocycles. The standard InChI is InChI=1S/C16H28N2S/c1-13(2)17-10-15-8-9-16(19-15)12-18(3)11-14-6-4-5-7-14/h8-9,13-14,17H,4-7,10-12H2,1-3H3. The van der Waals surface area contributed by atoms with E-state index in [0.29, 0.717) is 6.04 Å². The first kappa shape index (κ1) is 15.0. The zero-order chi connectivity index (χ0) is 13.7. The smallest absolute Gasteiger partial charge is 0.0325 e. The molecule has 0 aromatic carbocycles. The molecule has 0 saturated heterocycles. The Hall–Kier alpha value is -0.380. The van der Waals surface area contributed by atoms with Crippen LogP contribution < -0.4 is 5.32 Å². The number of rotatable bonds is 7. The molecule has 0 atom stereocenters. The molecular weight excluding hydrogens is 252 g/mol. The number of hydrogen-bond acceptors (Lipinski definition) is 3. The largest absolute Gasteiger partial charge is 0.310 e. The zero-order valence-corrected chi connectivity index (χ0v) is 13.4. The van der Waals surface area contributed by atoms with Crippen molar-refractivity contribution in [1.29, 1.82) is 0 Å². The highest BCUT2D eigenvalue weighted by atomic mass is 32.1. The van der Waals surface area contributed by atoms with E-state index >= 15 is 0 Å². The lowest BCUT2D eigenvalue weighted by Crippen LogP contribution is -2.23. The summed E-state index contributed by atoms with van der Waals surface area (Å²) < 4.78 is 0. The van der Waals surface area contributed by atoms with Crippen LogP contribution in [0.4, 0.5) is 0 Å². The monoisotopic (exact) mass is 280 g/mol. The molecular formula is C16H28N2S. The molecule has 1 fully saturated rings. The van der Waals surface area contributed by atoms with Crippen molar-refractivity contribution in [3.63, 3.8) is 0 Å². The maximum absolute atomic E-state index is 3.48. The van der Waals surface area contributed by atoms with Gasteiger partial charge in [-0.2, -0.15) is 0 Å². The van der Waals surface area contributed by atoms with Gasteiger partial charge in [0, 0.05) is 35.4 Å². The van der Waals surface area contributed by atoms with Gasteiger partial charge in [0.25, 0.3) is 0 Å². The topological polar surface area (TPSA) is 15.3 Å². The van der Waals surface area contributed by atoms with Gasteiger partial charge in [0.1, 0.15) is 0 Å². The lowest BCUT2D eigenvalue weighted by atomic mass is 10.1. The van der Waals surface area contributed by atoms with Crippen molar-refractivity contribution >= 4 is 11.3 Å². The van der Waals surface area contributed by atoms with E-state index in [0.717, 1.165) is 19.0 Å². The number of nitrogens with one attached hydrogen (secondary N) is 1. The average molecular weight is 280 g/mol. The minimum absolute atomic E-state index is 0.565. The fourth-order valence-corrected chi connectivity index (χ4v) is 3.92. The summed E-state index contributed by atoms with van der Waals surface area (Å²) in [5.41, 5.74) is 0. The van der Waals surface area contributed by atoms with Crippen molar-refractivity contribution in [1.82, 2.24) is 10.2 Å². The second-order valence-corrected chi connectivity index (χ2v) is 7.50. The third-order valence-corrected chi connectivity index (χ3v) is 4.94. The van der Waals surface area contributed by atoms with Crippen molar-refractivity contribution in [2.24, 2.45) is 5.92 Å². The molecule has 1 saturated carbocycles. The molecule has 19 heavy (non-hydrogen) atoms. The molecule has 0 spiro atoms. The molecule has 1 aliphatic carbocycles. The Kier molecular flexibility index (Phi) is 5.86. The molecule has 0 amide bonds. The Morgan fingerprint density at radius 3 is 2.63 bits per heavy atom. The SMILES string of the molecule is CC(C)NCc1ccc(CN(C)CC2CCCC2)s1. The van der Waals surface area contributed by atoms with Gasteiger partial charge in [-0.25, -0.2) is 0 Å². The Morgan fingerprint density at radius 2 is 1.95 bits per heavy atom. The lowest BCUT2D eigenvalue weighted by molar-refractivity contribution is 0.273. The van der Waals surface area contributed by atoms with Gasteiger partial charge in [-0.05, 0) is 37.9 Å². The first-order valence-corrected chi connectivity index (χ1v) is 8.44. The van der Waals surface area contributed by atoms with E-state index < -0.39 is 0 Å². The van der Waals surface area contributed by atoms with Crippen LogP contribution in [0.5, 0.6) is 0 Å². The van der Waals surface area contributed by atoms with E-state index in [2.05, 4.69) is 43.2 Å². The first-order chi connectivity index (χ1) is 9.13. The third kappa shape index (κ3) is 5.25. The molecule has 1 aromatic heterocycles. The highest BCUT2D eigenvalue weighted by Crippen LogP contribution is 2.26. The predicted octanol–water partition coefficient (Wildman–Crippen LogP) is 3.87. The van der Waals surface area contributed by atoms with E-state index in [1.54, 1.807) is 0 Å². The predicted molar refractivity (Wildman–Crippen MR) is 84.6 cm³/mol. The first-order valence-electron chi connectivity index (χ1n) is 7.63. The highest BCUT2D eigenvalue weighted by Gasteiger charge is 2.17. The minimum atomic E-state index is 0.565. The third-order valence-electron chi connectivity index (χ3n) is 3.87. The highest BCUT2D eigenvalue weighted by molar-refractivity contribution is 7.11. The number of thiophene rings is 1. The maximum atomic E-state index is 3.48. The molecule has 108 valence electrons. The van der Waals surface area contributed by atoms with Gasteiger partial charge >= 0.3 is 0 Å². The van der Waals surface area contributed by atoms with Gasteiger partial charge < -0.3 is 10.2 Å². The van der Waals surface area contributed by atoms with Crippen LogP contribution in [0.1, 0.15) is 49.3 Å². The lowest BCUT2D eigenvalue weighted by Gasteiger charge is -2.19. The molecule has 0 bridgehead atoms. The fraction of sp³-hybridized carbons (Fsp3) is 0.750. The molecule has 1 aliphatic rings. The number of hydrogen-bond donors (Lipinski definition) is 1. The van der Waals surface area contributed by atoms with Crippen LogP contribution in [0.25, 0.3) is 0 Å². The van der Waals surface area contributed by atoms with Crippen molar-refractivity contribution < 1.29 is 0 Å². The van der Waals surface area contributed by atoms with Gasteiger partial charge in [0.05, 0.1) is 0 Å². The molecule has 1 N–H and O–H groups in total. The zero-order valence-electron chi connectivity index (χ0n) is 12.6. The second kappa shape index (κ2) is 7.41. The van der Waals surface area contributed by atoms with Gasteiger partial charge in [-0.1, -0.05) is 26.7 Å². The minimum Gasteiger partial charge on any atom is -0.310 e. The summed E-state index contributed by atoms with van der Waals surface area (Å²) in [5.74, 6) is 0.951. The summed E-state index contributed by atoms with van der Waals surface area (Å²) in [7, 11) is 2.27. The summed E-state index contributed by atoms with van der Waals surface area (Å²) in [6, 6.07) is 5.14. The molecule has 3 heteroatoms. The van der Waals surface area contributed by atoms with Gasteiger partial charge in [-0.3, -0.25) is 0 Å². The summed E-state index contributed by atoms with van der Waals surface area (Å²) in [6.45, 7) is 7.79. The molecule has 2 rings (SSSR count). The summed E-state index contributed by atoms with van der Waals surface area (Å²) in [6.07, 6.45) is 5.78. The summed E-state index contributed by atoms with van der Waals surface area (Å²) in [5, 5.41) is 3.48. The van der Waals surface area contributed by atoms with Gasteiger partial charge in [0.15, 0.2) is 0 Å². The fourth-order valence-electron chi connectivity index (χ4n) is 2.87. The normalized spacial score (nSPS) is 16.9. The van der Waals surface area contributed by atoms with Crippen molar-refractivity contribution in [3.05, 3.63) is 21.9 Å². The maximum Gasteiger partial charge on any atom is 0.0325 e. The molecule has 1 aromatic rings. The second-order valence-electron chi connectivity index (χ2n) is 6.25. The van der Waals surface area contributed by atoms with E-state index in [1.807, 2.05) is 11.3 Å². The van der Waals surface area contributed by atoms with Crippen LogP contribution in [0, 0.1) is 5.92 Å². The Bertz CT molecular complexity index is 367. The molecule has 0 radical (unpaired) electrons. The van der Waals surface area contributed by atoms with Crippen molar-refractivity contribution in [3.8, 4) is 0 Å². The number of nitrogens with zero attached hydrogens (tertiary/aromatic N) is 1. The van der Waals surface area contributed by atoms with E-state index in [-0.39, 0.29) is 0 Å². The summed E-state index contributed by atoms with van der Waals surface area (Å²) >= 11 is 1.96. The molecule has 2 nitrogen and oxygen atoms in total. The molecule has 1 heterocycles. The quantitative estimate of drug-likeness (QED) is 0.815. The van der Waals surface area contributed by atoms with Crippen molar-refractivity contribution in [2.45, 2.75) is 58.7 Å². The molecule has 0 unspecified atom stereocenters. The van der Waals surface area contributed by atoms with Gasteiger partial charge in [0.2, 0.25) is 0 Å². The van der Waals surface area contributed by atoms with Crippen molar-refractivity contribution in [2.75, 3.05) is 13.6 Å². The van der Waals surface area contributed by atoms with Gasteiger partial charge in [-0.15, -0.1) is 11.3 Å². The van der Waals surface area contributed by atoms with Crippen LogP contribution >= 0.6 is 11.3 Å². The van der Waals surface area contributed by atoms with Crippen LogP contribution in [-0.4, -0.2) is 24.5 Å². The van der Waals surface area contributed by atoms with E-state index in [9.17, 15) is 0 Å². The van der Waals surface area contributed by atoms with E-state index in [1.165, 1.54) is 42.0 Å². The van der Waals surface area contributed by atoms with Crippen LogP contribution in [0.3, 0.4) is 0 Å². The average Bonchev–Trinajstić information content (AvgIpc) is 2.98. The Balaban J connectivity index is 1.75. The Morgan fingerprint density at radius 1 is 1.26 bits per heavy atom. The van der Waals surface area contributed by atoms with Crippen LogP contribution in [0.15, 0.2) is 12.1 Å². The Labute approximate surface area is 122 Å². The van der Waals surface area contributed by atoms with Crippen LogP contribution in [0.2, 0.25) is 0 Å². The van der Waals surface area contributed by atoms with Crippen LogP contribution in [-0.2, 0) is 13.1 Å². The summed E-state index contributed by atoms with van der Waals surface area (Å²) in [4.78, 5) is 5.46.